The van der Waals surface area contributed by atoms with E-state index in [2.05, 4.69) is 15.4 Å². The monoisotopic (exact) mass is 751 g/mol. The summed E-state index contributed by atoms with van der Waals surface area (Å²) in [5, 5.41) is 4.91. The van der Waals surface area contributed by atoms with Gasteiger partial charge in [-0.1, -0.05) is 45.4 Å². The van der Waals surface area contributed by atoms with Gasteiger partial charge in [0, 0.05) is 24.2 Å². The fraction of sp³-hybridized carbons (Fsp3) is 0.543. The van der Waals surface area contributed by atoms with E-state index in [1.807, 2.05) is 0 Å². The highest BCUT2D eigenvalue weighted by atomic mass is 32.2. The van der Waals surface area contributed by atoms with Gasteiger partial charge in [-0.3, -0.25) is 24.0 Å². The Morgan fingerprint density at radius 1 is 1.06 bits per heavy atom. The predicted octanol–water partition coefficient (Wildman–Crippen LogP) is 4.30. The van der Waals surface area contributed by atoms with Crippen molar-refractivity contribution >= 4 is 39.5 Å². The fourth-order valence-electron chi connectivity index (χ4n) is 7.05. The summed E-state index contributed by atoms with van der Waals surface area (Å²) in [6.07, 6.45) is -5.20. The van der Waals surface area contributed by atoms with E-state index in [0.29, 0.717) is 30.4 Å². The Balaban J connectivity index is 1.24. The van der Waals surface area contributed by atoms with Gasteiger partial charge >= 0.3 is 12.3 Å². The molecule has 282 valence electrons. The Kier molecular flexibility index (Phi) is 9.95. The SMILES string of the molecule is CC[C@@H]1C[C@]1(NC(=O)[C@@H]1CC(OC(=O)N2Cc3cccc(F)c3C2)CN1C(=O)[C@@H](Nc1cccc(C(F)(F)F)c1)C(C)C)C(=O)NS(=O)(=O)C1CC1. The van der Waals surface area contributed by atoms with Crippen molar-refractivity contribution in [2.24, 2.45) is 11.8 Å². The molecule has 52 heavy (non-hydrogen) atoms. The van der Waals surface area contributed by atoms with Crippen molar-refractivity contribution in [2.75, 3.05) is 11.9 Å². The van der Waals surface area contributed by atoms with Crippen LogP contribution in [0.1, 0.15) is 69.6 Å². The van der Waals surface area contributed by atoms with Crippen LogP contribution in [0.2, 0.25) is 0 Å². The van der Waals surface area contributed by atoms with E-state index >= 15 is 0 Å². The van der Waals surface area contributed by atoms with Crippen LogP contribution in [0.4, 0.5) is 28.0 Å². The lowest BCUT2D eigenvalue weighted by molar-refractivity contribution is -0.140. The van der Waals surface area contributed by atoms with Gasteiger partial charge in [0.25, 0.3) is 5.91 Å². The minimum atomic E-state index is -4.63. The van der Waals surface area contributed by atoms with Gasteiger partial charge < -0.3 is 20.3 Å². The second-order valence-electron chi connectivity index (χ2n) is 14.4. The predicted molar refractivity (Wildman–Crippen MR) is 179 cm³/mol. The number of carbonyl (C=O) groups is 4. The molecule has 0 aromatic heterocycles. The highest BCUT2D eigenvalue weighted by Crippen LogP contribution is 2.47. The molecule has 6 rings (SSSR count). The summed E-state index contributed by atoms with van der Waals surface area (Å²) in [5.74, 6) is -3.66. The van der Waals surface area contributed by atoms with Gasteiger partial charge in [-0.2, -0.15) is 13.2 Å². The van der Waals surface area contributed by atoms with Crippen LogP contribution < -0.4 is 15.4 Å². The molecule has 1 unspecified atom stereocenters. The number of sulfonamides is 1. The third kappa shape index (κ3) is 7.55. The zero-order chi connectivity index (χ0) is 37.7. The van der Waals surface area contributed by atoms with Crippen molar-refractivity contribution in [2.45, 2.75) is 101 Å². The van der Waals surface area contributed by atoms with Gasteiger partial charge in [-0.15, -0.1) is 0 Å². The molecule has 0 radical (unpaired) electrons. The van der Waals surface area contributed by atoms with Crippen molar-refractivity contribution in [1.29, 1.82) is 0 Å². The van der Waals surface area contributed by atoms with Crippen LogP contribution in [0.5, 0.6) is 0 Å². The number of ether oxygens (including phenoxy) is 1. The molecule has 2 aromatic rings. The first-order valence-electron chi connectivity index (χ1n) is 17.3. The van der Waals surface area contributed by atoms with Gasteiger partial charge in [-0.05, 0) is 60.9 Å². The second-order valence-corrected chi connectivity index (χ2v) is 16.3. The van der Waals surface area contributed by atoms with E-state index in [4.69, 9.17) is 4.74 Å². The van der Waals surface area contributed by atoms with Crippen LogP contribution in [0.15, 0.2) is 42.5 Å². The number of hydrogen-bond donors (Lipinski definition) is 3. The van der Waals surface area contributed by atoms with Gasteiger partial charge in [-0.25, -0.2) is 17.6 Å². The van der Waals surface area contributed by atoms with Crippen LogP contribution in [0, 0.1) is 17.7 Å². The molecule has 4 aliphatic rings. The summed E-state index contributed by atoms with van der Waals surface area (Å²) in [4.78, 5) is 57.5. The van der Waals surface area contributed by atoms with Crippen LogP contribution in [-0.2, 0) is 48.4 Å². The van der Waals surface area contributed by atoms with Crippen molar-refractivity contribution in [1.82, 2.24) is 19.8 Å². The number of nitrogens with zero attached hydrogens (tertiary/aromatic N) is 2. The summed E-state index contributed by atoms with van der Waals surface area (Å²) in [7, 11) is -3.94. The van der Waals surface area contributed by atoms with E-state index in [1.165, 1.54) is 34.1 Å². The molecule has 12 nitrogen and oxygen atoms in total. The standard InChI is InChI=1S/C35H41F4N5O7S/c1-4-21-15-34(21,32(47)42-52(49,50)25-11-12-25)41-30(45)28-14-24(51-33(48)43-16-20-7-5-10-27(36)26(20)18-43)17-44(28)31(46)29(19(2)3)40-23-9-6-8-22(13-23)35(37,38)39/h5-10,13,19,21,24-25,28-29,40H,4,11-12,14-18H2,1-3H3,(H,41,45)(H,42,47)/t21-,24?,28+,29+,34-/m1/s1. The molecule has 0 spiro atoms. The average Bonchev–Trinajstić information content (AvgIpc) is 3.97. The number of nitrogens with one attached hydrogen (secondary N) is 3. The van der Waals surface area contributed by atoms with E-state index < -0.39 is 86.3 Å². The molecule has 5 atom stereocenters. The Hall–Kier alpha value is -4.41. The topological polar surface area (TPSA) is 154 Å². The van der Waals surface area contributed by atoms with Crippen LogP contribution in [0.3, 0.4) is 0 Å². The number of rotatable bonds is 11. The minimum absolute atomic E-state index is 0.0159. The van der Waals surface area contributed by atoms with Crippen molar-refractivity contribution in [3.63, 3.8) is 0 Å². The molecule has 17 heteroatoms. The molecule has 2 aliphatic heterocycles. The normalized spacial score (nSPS) is 24.7. The third-order valence-electron chi connectivity index (χ3n) is 10.3. The highest BCUT2D eigenvalue weighted by molar-refractivity contribution is 7.91. The maximum atomic E-state index is 14.4. The summed E-state index contributed by atoms with van der Waals surface area (Å²) < 4.78 is 87.9. The molecule has 0 bridgehead atoms. The van der Waals surface area contributed by atoms with Crippen molar-refractivity contribution in [3.05, 3.63) is 65.0 Å². The number of alkyl halides is 3. The average molecular weight is 752 g/mol. The molecule has 2 aliphatic carbocycles. The number of carbonyl (C=O) groups excluding carboxylic acids is 4. The van der Waals surface area contributed by atoms with Crippen LogP contribution in [-0.4, -0.2) is 77.6 Å². The van der Waals surface area contributed by atoms with Gasteiger partial charge in [0.15, 0.2) is 0 Å². The first kappa shape index (κ1) is 37.4. The van der Waals surface area contributed by atoms with Crippen LogP contribution >= 0.6 is 0 Å². The Morgan fingerprint density at radius 2 is 1.77 bits per heavy atom. The van der Waals surface area contributed by atoms with Crippen molar-refractivity contribution in [3.8, 4) is 0 Å². The number of hydrogen-bond acceptors (Lipinski definition) is 8. The summed E-state index contributed by atoms with van der Waals surface area (Å²) in [6.45, 7) is 4.91. The first-order chi connectivity index (χ1) is 24.4. The lowest BCUT2D eigenvalue weighted by atomic mass is 10.0. The fourth-order valence-corrected chi connectivity index (χ4v) is 8.42. The molecular formula is C35H41F4N5O7S. The number of amides is 4. The van der Waals surface area contributed by atoms with Gasteiger partial charge in [0.2, 0.25) is 21.8 Å². The molecule has 2 aromatic carbocycles. The number of anilines is 1. The van der Waals surface area contributed by atoms with Crippen LogP contribution in [0.25, 0.3) is 0 Å². The number of fused-ring (bicyclic) bond motifs is 1. The van der Waals surface area contributed by atoms with Gasteiger partial charge in [0.05, 0.1) is 23.9 Å². The maximum absolute atomic E-state index is 14.4. The second kappa shape index (κ2) is 13.9. The van der Waals surface area contributed by atoms with Gasteiger partial charge in [0.1, 0.15) is 29.5 Å². The summed E-state index contributed by atoms with van der Waals surface area (Å²) in [6, 6.07) is 6.42. The van der Waals surface area contributed by atoms with E-state index in [9.17, 15) is 45.2 Å². The van der Waals surface area contributed by atoms with Crippen molar-refractivity contribution < 1.29 is 49.9 Å². The van der Waals surface area contributed by atoms with E-state index in [-0.39, 0.29) is 44.1 Å². The molecular weight excluding hydrogens is 710 g/mol. The Labute approximate surface area is 298 Å². The lowest BCUT2D eigenvalue weighted by Gasteiger charge is -2.32. The molecule has 3 fully saturated rings. The zero-order valence-electron chi connectivity index (χ0n) is 28.8. The quantitative estimate of drug-likeness (QED) is 0.288. The Morgan fingerprint density at radius 3 is 2.38 bits per heavy atom. The molecule has 1 saturated heterocycles. The smallest absolute Gasteiger partial charge is 0.416 e. The highest BCUT2D eigenvalue weighted by Gasteiger charge is 2.62. The third-order valence-corrected chi connectivity index (χ3v) is 12.1. The molecule has 2 heterocycles. The zero-order valence-corrected chi connectivity index (χ0v) is 29.7. The number of benzene rings is 2. The summed E-state index contributed by atoms with van der Waals surface area (Å²) in [5.41, 5.74) is -1.50. The van der Waals surface area contributed by atoms with E-state index in [0.717, 1.165) is 12.1 Å². The molecule has 4 amide bonds. The molecule has 3 N–H and O–H groups in total. The minimum Gasteiger partial charge on any atom is -0.444 e. The summed E-state index contributed by atoms with van der Waals surface area (Å²) >= 11 is 0. The number of likely N-dealkylation sites (tertiary alicyclic amines) is 1. The molecule has 2 saturated carbocycles. The largest absolute Gasteiger partial charge is 0.444 e. The Bertz CT molecular complexity index is 1870. The number of halogens is 4. The lowest BCUT2D eigenvalue weighted by Crippen LogP contribution is -2.58. The first-order valence-corrected chi connectivity index (χ1v) is 18.8. The maximum Gasteiger partial charge on any atom is 0.416 e. The van der Waals surface area contributed by atoms with E-state index in [1.54, 1.807) is 26.8 Å².